The van der Waals surface area contributed by atoms with Gasteiger partial charge in [0.1, 0.15) is 5.60 Å². The summed E-state index contributed by atoms with van der Waals surface area (Å²) in [7, 11) is 0. The number of hydrogen-bond acceptors (Lipinski definition) is 5. The third kappa shape index (κ3) is 4.86. The highest BCUT2D eigenvalue weighted by molar-refractivity contribution is 5.76. The van der Waals surface area contributed by atoms with E-state index in [0.29, 0.717) is 37.8 Å². The summed E-state index contributed by atoms with van der Waals surface area (Å²) in [6.45, 7) is 7.83. The molecule has 1 aliphatic rings. The number of fused-ring (bicyclic) bond motifs is 1. The van der Waals surface area contributed by atoms with E-state index in [4.69, 9.17) is 9.47 Å². The molecule has 1 fully saturated rings. The number of rotatable bonds is 5. The Balaban J connectivity index is 1.49. The van der Waals surface area contributed by atoms with Crippen LogP contribution in [0.25, 0.3) is 11.0 Å². The lowest BCUT2D eigenvalue weighted by Crippen LogP contribution is -2.35. The number of nitrogens with zero attached hydrogens (tertiary/aromatic N) is 4. The number of ether oxygens (including phenoxy) is 2. The Labute approximate surface area is 188 Å². The molecule has 7 heteroatoms. The van der Waals surface area contributed by atoms with Crippen molar-refractivity contribution in [1.29, 1.82) is 5.26 Å². The molecule has 166 valence electrons. The third-order valence-electron chi connectivity index (χ3n) is 5.47. The first-order valence-electron chi connectivity index (χ1n) is 10.9. The first kappa shape index (κ1) is 21.7. The molecule has 1 saturated heterocycles. The molecule has 7 nitrogen and oxygen atoms in total. The number of hydrogen-bond donors (Lipinski definition) is 0. The first-order valence-corrected chi connectivity index (χ1v) is 10.9. The van der Waals surface area contributed by atoms with Crippen LogP contribution in [0.2, 0.25) is 0 Å². The predicted octanol–water partition coefficient (Wildman–Crippen LogP) is 4.59. The maximum Gasteiger partial charge on any atom is 0.410 e. The van der Waals surface area contributed by atoms with Gasteiger partial charge in [-0.25, -0.2) is 4.79 Å². The molecule has 1 amide bonds. The van der Waals surface area contributed by atoms with Gasteiger partial charge in [0.2, 0.25) is 0 Å². The lowest BCUT2D eigenvalue weighted by Gasteiger charge is -2.24. The second-order valence-electron chi connectivity index (χ2n) is 9.13. The number of amides is 1. The molecule has 1 atom stereocenters. The molecule has 0 unspecified atom stereocenters. The fourth-order valence-electron chi connectivity index (χ4n) is 3.91. The second-order valence-corrected chi connectivity index (χ2v) is 9.13. The highest BCUT2D eigenvalue weighted by Gasteiger charge is 2.30. The molecule has 1 aromatic heterocycles. The molecule has 0 radical (unpaired) electrons. The molecule has 2 aromatic carbocycles. The number of nitriles is 1. The highest BCUT2D eigenvalue weighted by atomic mass is 16.6. The Morgan fingerprint density at radius 3 is 2.72 bits per heavy atom. The van der Waals surface area contributed by atoms with Crippen molar-refractivity contribution in [2.45, 2.75) is 39.3 Å². The van der Waals surface area contributed by atoms with E-state index in [0.717, 1.165) is 23.0 Å². The Morgan fingerprint density at radius 2 is 1.94 bits per heavy atom. The molecule has 0 bridgehead atoms. The molecule has 1 aliphatic heterocycles. The van der Waals surface area contributed by atoms with Crippen molar-refractivity contribution in [1.82, 2.24) is 14.5 Å². The van der Waals surface area contributed by atoms with Crippen LogP contribution in [-0.2, 0) is 11.3 Å². The van der Waals surface area contributed by atoms with Crippen molar-refractivity contribution in [2.24, 2.45) is 5.92 Å². The van der Waals surface area contributed by atoms with Gasteiger partial charge in [0, 0.05) is 19.0 Å². The van der Waals surface area contributed by atoms with Crippen LogP contribution in [0.15, 0.2) is 48.5 Å². The van der Waals surface area contributed by atoms with Crippen molar-refractivity contribution < 1.29 is 14.3 Å². The number of imidazole rings is 1. The zero-order valence-corrected chi connectivity index (χ0v) is 18.7. The third-order valence-corrected chi connectivity index (χ3v) is 5.47. The second kappa shape index (κ2) is 8.91. The molecule has 2 heterocycles. The van der Waals surface area contributed by atoms with Crippen molar-refractivity contribution in [3.8, 4) is 12.1 Å². The summed E-state index contributed by atoms with van der Waals surface area (Å²) < 4.78 is 13.7. The molecule has 4 rings (SSSR count). The van der Waals surface area contributed by atoms with Crippen molar-refractivity contribution in [3.63, 3.8) is 0 Å². The molecule has 0 aliphatic carbocycles. The van der Waals surface area contributed by atoms with E-state index >= 15 is 0 Å². The van der Waals surface area contributed by atoms with Gasteiger partial charge in [-0.15, -0.1) is 0 Å². The van der Waals surface area contributed by atoms with E-state index < -0.39 is 5.60 Å². The minimum Gasteiger partial charge on any atom is -0.464 e. The summed E-state index contributed by atoms with van der Waals surface area (Å²) in [6.07, 6.45) is 0.580. The van der Waals surface area contributed by atoms with Gasteiger partial charge >= 0.3 is 6.09 Å². The van der Waals surface area contributed by atoms with E-state index in [2.05, 4.69) is 11.1 Å². The minimum absolute atomic E-state index is 0.210. The number of benzene rings is 2. The molecule has 32 heavy (non-hydrogen) atoms. The highest BCUT2D eigenvalue weighted by Crippen LogP contribution is 2.26. The summed E-state index contributed by atoms with van der Waals surface area (Å²) in [6, 6.07) is 18.2. The summed E-state index contributed by atoms with van der Waals surface area (Å²) in [4.78, 5) is 18.8. The summed E-state index contributed by atoms with van der Waals surface area (Å²) in [5.74, 6) is 0.210. The van der Waals surface area contributed by atoms with Gasteiger partial charge in [-0.2, -0.15) is 10.2 Å². The average molecular weight is 433 g/mol. The number of aromatic nitrogens is 2. The molecule has 0 saturated carbocycles. The van der Waals surface area contributed by atoms with Gasteiger partial charge in [0.15, 0.2) is 0 Å². The first-order chi connectivity index (χ1) is 15.3. The van der Waals surface area contributed by atoms with Gasteiger partial charge in [-0.05, 0) is 51.0 Å². The van der Waals surface area contributed by atoms with Gasteiger partial charge in [-0.3, -0.25) is 4.57 Å². The van der Waals surface area contributed by atoms with Crippen LogP contribution < -0.4 is 4.74 Å². The van der Waals surface area contributed by atoms with Crippen molar-refractivity contribution in [3.05, 3.63) is 59.7 Å². The van der Waals surface area contributed by atoms with Gasteiger partial charge in [-0.1, -0.05) is 30.3 Å². The van der Waals surface area contributed by atoms with E-state index in [-0.39, 0.29) is 12.0 Å². The lowest BCUT2D eigenvalue weighted by atomic mass is 10.1. The van der Waals surface area contributed by atoms with E-state index in [1.165, 1.54) is 0 Å². The predicted molar refractivity (Wildman–Crippen MR) is 121 cm³/mol. The summed E-state index contributed by atoms with van der Waals surface area (Å²) in [5, 5.41) is 9.47. The SMILES string of the molecule is CC(C)(C)OC(=O)N1CC[C@@H](COc2nc3ccccc3n2Cc2ccccc2C#N)C1. The molecular formula is C25H28N4O3. The van der Waals surface area contributed by atoms with Crippen LogP contribution in [-0.4, -0.2) is 45.8 Å². The fourth-order valence-corrected chi connectivity index (χ4v) is 3.91. The smallest absolute Gasteiger partial charge is 0.410 e. The van der Waals surface area contributed by atoms with Crippen LogP contribution >= 0.6 is 0 Å². The zero-order valence-electron chi connectivity index (χ0n) is 18.7. The molecule has 0 spiro atoms. The minimum atomic E-state index is -0.504. The molecular weight excluding hydrogens is 404 g/mol. The van der Waals surface area contributed by atoms with Gasteiger partial charge in [0.25, 0.3) is 6.01 Å². The maximum absolute atomic E-state index is 12.3. The standard InChI is InChI=1S/C25H28N4O3/c1-25(2,3)32-24(30)28-13-12-18(15-28)17-31-23-27-21-10-6-7-11-22(21)29(23)16-20-9-5-4-8-19(20)14-26/h4-11,18H,12-13,15-17H2,1-3H3/t18-/m1/s1. The number of carbonyl (C=O) groups excluding carboxylic acids is 1. The van der Waals surface area contributed by atoms with Crippen molar-refractivity contribution in [2.75, 3.05) is 19.7 Å². The Hall–Kier alpha value is -3.53. The summed E-state index contributed by atoms with van der Waals surface area (Å²) >= 11 is 0. The normalized spacial score (nSPS) is 16.2. The van der Waals surface area contributed by atoms with Crippen molar-refractivity contribution >= 4 is 17.1 Å². The molecule has 0 N–H and O–H groups in total. The quantitative estimate of drug-likeness (QED) is 0.589. The van der Waals surface area contributed by atoms with E-state index in [9.17, 15) is 10.1 Å². The van der Waals surface area contributed by atoms with E-state index in [1.807, 2.05) is 73.9 Å². The Bertz CT molecular complexity index is 1160. The fraction of sp³-hybridized carbons (Fsp3) is 0.400. The largest absolute Gasteiger partial charge is 0.464 e. The van der Waals surface area contributed by atoms with Crippen LogP contribution in [0.5, 0.6) is 6.01 Å². The number of para-hydroxylation sites is 2. The zero-order chi connectivity index (χ0) is 22.7. The van der Waals surface area contributed by atoms with Gasteiger partial charge in [0.05, 0.1) is 35.8 Å². The van der Waals surface area contributed by atoms with Crippen LogP contribution in [0.1, 0.15) is 38.3 Å². The topological polar surface area (TPSA) is 80.4 Å². The van der Waals surface area contributed by atoms with Crippen LogP contribution in [0.3, 0.4) is 0 Å². The monoisotopic (exact) mass is 432 g/mol. The number of carbonyl (C=O) groups is 1. The maximum atomic E-state index is 12.3. The van der Waals surface area contributed by atoms with E-state index in [1.54, 1.807) is 4.90 Å². The Kier molecular flexibility index (Phi) is 6.04. The van der Waals surface area contributed by atoms with Crippen LogP contribution in [0, 0.1) is 17.2 Å². The number of likely N-dealkylation sites (tertiary alicyclic amines) is 1. The lowest BCUT2D eigenvalue weighted by molar-refractivity contribution is 0.0284. The summed E-state index contributed by atoms with van der Waals surface area (Å²) in [5.41, 5.74) is 2.85. The van der Waals surface area contributed by atoms with Gasteiger partial charge < -0.3 is 14.4 Å². The van der Waals surface area contributed by atoms with Crippen LogP contribution in [0.4, 0.5) is 4.79 Å². The molecule has 3 aromatic rings. The Morgan fingerprint density at radius 1 is 1.19 bits per heavy atom. The average Bonchev–Trinajstić information content (AvgIpc) is 3.37.